The van der Waals surface area contributed by atoms with Crippen molar-refractivity contribution in [1.82, 2.24) is 19.9 Å². The van der Waals surface area contributed by atoms with E-state index in [0.29, 0.717) is 10.8 Å². The van der Waals surface area contributed by atoms with E-state index in [1.54, 1.807) is 6.33 Å². The molecule has 2 heterocycles. The normalized spacial score (nSPS) is 29.0. The summed E-state index contributed by atoms with van der Waals surface area (Å²) in [4.78, 5) is 14.9. The van der Waals surface area contributed by atoms with Crippen molar-refractivity contribution in [1.29, 1.82) is 0 Å². The molecule has 122 valence electrons. The van der Waals surface area contributed by atoms with Gasteiger partial charge >= 0.3 is 0 Å². The number of fused-ring (bicyclic) bond motifs is 3. The van der Waals surface area contributed by atoms with Crippen molar-refractivity contribution >= 4 is 0 Å². The van der Waals surface area contributed by atoms with Gasteiger partial charge in [-0.3, -0.25) is 0 Å². The summed E-state index contributed by atoms with van der Waals surface area (Å²) in [5, 5.41) is 0. The molecule has 3 aromatic rings. The minimum absolute atomic E-state index is 0.355. The number of aromatic nitrogens is 4. The molecule has 0 amide bonds. The molecule has 4 heteroatoms. The van der Waals surface area contributed by atoms with Crippen LogP contribution in [-0.2, 0) is 10.8 Å². The van der Waals surface area contributed by atoms with Crippen LogP contribution >= 0.6 is 0 Å². The molecule has 6 rings (SSSR count). The largest absolute Gasteiger partial charge is 0.348 e. The molecule has 0 aliphatic heterocycles. The predicted octanol–water partition coefficient (Wildman–Crippen LogP) is 4.34. The van der Waals surface area contributed by atoms with E-state index in [9.17, 15) is 0 Å². The van der Waals surface area contributed by atoms with E-state index in [0.717, 1.165) is 5.69 Å². The Morgan fingerprint density at radius 3 is 1.92 bits per heavy atom. The summed E-state index contributed by atoms with van der Waals surface area (Å²) in [6.07, 6.45) is 15.2. The fourth-order valence-electron chi connectivity index (χ4n) is 4.99. The number of nitrogens with one attached hydrogen (secondary N) is 2. The molecule has 0 unspecified atom stereocenters. The fourth-order valence-corrected chi connectivity index (χ4v) is 4.99. The minimum atomic E-state index is 0.355. The summed E-state index contributed by atoms with van der Waals surface area (Å²) in [5.74, 6) is 0. The van der Waals surface area contributed by atoms with Crippen molar-refractivity contribution in [2.45, 2.75) is 49.4 Å². The number of nitrogens with zero attached hydrogens (tertiary/aromatic N) is 2. The number of benzene rings is 1. The maximum atomic E-state index is 4.25. The maximum Gasteiger partial charge on any atom is 0.0924 e. The van der Waals surface area contributed by atoms with Crippen LogP contribution in [0.5, 0.6) is 0 Å². The van der Waals surface area contributed by atoms with Crippen molar-refractivity contribution in [3.8, 4) is 11.3 Å². The zero-order chi connectivity index (χ0) is 16.0. The Kier molecular flexibility index (Phi) is 2.96. The monoisotopic (exact) mass is 318 g/mol. The molecule has 3 aliphatic rings. The van der Waals surface area contributed by atoms with E-state index in [4.69, 9.17) is 0 Å². The first-order valence-corrected chi connectivity index (χ1v) is 8.88. The van der Waals surface area contributed by atoms with Gasteiger partial charge in [-0.25, -0.2) is 9.97 Å². The summed E-state index contributed by atoms with van der Waals surface area (Å²) in [7, 11) is 0. The van der Waals surface area contributed by atoms with E-state index in [1.807, 2.05) is 18.7 Å². The average Bonchev–Trinajstić information content (AvgIpc) is 3.38. The van der Waals surface area contributed by atoms with Crippen LogP contribution in [0.4, 0.5) is 0 Å². The van der Waals surface area contributed by atoms with E-state index in [1.165, 1.54) is 55.3 Å². The zero-order valence-electron chi connectivity index (χ0n) is 13.8. The standard InChI is InChI=1S/C20H22N4/c1-3-16(4-2-15(1)17-11-21-13-23-17)19-5-8-20(9-6-19,10-7-19)18-12-22-14-24-18/h1-4,11-14H,5-10H2,(H,21,23)(H,22,24). The van der Waals surface area contributed by atoms with Gasteiger partial charge in [-0.15, -0.1) is 0 Å². The van der Waals surface area contributed by atoms with E-state index >= 15 is 0 Å². The highest BCUT2D eigenvalue weighted by Gasteiger charge is 2.50. The van der Waals surface area contributed by atoms with Gasteiger partial charge in [0, 0.05) is 17.3 Å². The summed E-state index contributed by atoms with van der Waals surface area (Å²) in [5.41, 5.74) is 5.91. The van der Waals surface area contributed by atoms with Crippen molar-refractivity contribution in [2.24, 2.45) is 0 Å². The van der Waals surface area contributed by atoms with Crippen molar-refractivity contribution in [3.05, 3.63) is 60.6 Å². The average molecular weight is 318 g/mol. The topological polar surface area (TPSA) is 57.4 Å². The minimum Gasteiger partial charge on any atom is -0.348 e. The quantitative estimate of drug-likeness (QED) is 0.754. The lowest BCUT2D eigenvalue weighted by molar-refractivity contribution is 0.0990. The Labute approximate surface area is 141 Å². The molecule has 3 aliphatic carbocycles. The third kappa shape index (κ3) is 1.98. The lowest BCUT2D eigenvalue weighted by Crippen LogP contribution is -2.46. The van der Waals surface area contributed by atoms with Gasteiger partial charge in [0.05, 0.1) is 24.5 Å². The molecule has 24 heavy (non-hydrogen) atoms. The molecule has 0 saturated heterocycles. The molecule has 4 nitrogen and oxygen atoms in total. The van der Waals surface area contributed by atoms with Crippen LogP contribution in [0, 0.1) is 0 Å². The van der Waals surface area contributed by atoms with E-state index in [-0.39, 0.29) is 0 Å². The maximum absolute atomic E-state index is 4.25. The molecule has 2 aromatic heterocycles. The lowest BCUT2D eigenvalue weighted by Gasteiger charge is -2.53. The van der Waals surface area contributed by atoms with Crippen LogP contribution in [0.3, 0.4) is 0 Å². The zero-order valence-corrected chi connectivity index (χ0v) is 13.8. The number of imidazole rings is 2. The number of H-pyrrole nitrogens is 2. The SMILES string of the molecule is c1ncc(-c2ccc(C34CCC(c5cnc[nH]5)(CC3)CC4)cc2)[nH]1. The van der Waals surface area contributed by atoms with Gasteiger partial charge in [0.15, 0.2) is 0 Å². The van der Waals surface area contributed by atoms with E-state index < -0.39 is 0 Å². The van der Waals surface area contributed by atoms with Crippen molar-refractivity contribution in [3.63, 3.8) is 0 Å². The second kappa shape index (κ2) is 5.07. The van der Waals surface area contributed by atoms with Crippen LogP contribution in [0.2, 0.25) is 0 Å². The molecule has 0 radical (unpaired) electrons. The molecule has 3 saturated carbocycles. The summed E-state index contributed by atoms with van der Waals surface area (Å²) >= 11 is 0. The number of hydrogen-bond donors (Lipinski definition) is 2. The Hall–Kier alpha value is -2.36. The van der Waals surface area contributed by atoms with Gasteiger partial charge in [0.25, 0.3) is 0 Å². The third-order valence-corrected chi connectivity index (χ3v) is 6.62. The Balaban J connectivity index is 1.41. The van der Waals surface area contributed by atoms with Gasteiger partial charge in [-0.1, -0.05) is 24.3 Å². The molecule has 0 atom stereocenters. The van der Waals surface area contributed by atoms with Crippen LogP contribution in [0.1, 0.15) is 49.8 Å². The molecule has 3 fully saturated rings. The van der Waals surface area contributed by atoms with Crippen molar-refractivity contribution in [2.75, 3.05) is 0 Å². The third-order valence-electron chi connectivity index (χ3n) is 6.62. The van der Waals surface area contributed by atoms with Gasteiger partial charge in [0.2, 0.25) is 0 Å². The fraction of sp³-hybridized carbons (Fsp3) is 0.400. The van der Waals surface area contributed by atoms with E-state index in [2.05, 4.69) is 44.2 Å². The number of hydrogen-bond acceptors (Lipinski definition) is 2. The second-order valence-corrected chi connectivity index (χ2v) is 7.57. The molecule has 2 bridgehead atoms. The molecule has 0 spiro atoms. The van der Waals surface area contributed by atoms with Gasteiger partial charge < -0.3 is 9.97 Å². The molecular formula is C20H22N4. The van der Waals surface area contributed by atoms with Gasteiger partial charge in [0.1, 0.15) is 0 Å². The molecule has 2 N–H and O–H groups in total. The molecule has 1 aromatic carbocycles. The number of aromatic amines is 2. The number of rotatable bonds is 3. The summed E-state index contributed by atoms with van der Waals surface area (Å²) in [6.45, 7) is 0. The van der Waals surface area contributed by atoms with Crippen LogP contribution in [-0.4, -0.2) is 19.9 Å². The van der Waals surface area contributed by atoms with Crippen LogP contribution in [0.15, 0.2) is 49.3 Å². The first-order chi connectivity index (χ1) is 11.8. The predicted molar refractivity (Wildman–Crippen MR) is 93.7 cm³/mol. The first kappa shape index (κ1) is 14.0. The highest BCUT2D eigenvalue weighted by molar-refractivity contribution is 5.58. The highest BCUT2D eigenvalue weighted by Crippen LogP contribution is 2.58. The smallest absolute Gasteiger partial charge is 0.0924 e. The Morgan fingerprint density at radius 1 is 0.708 bits per heavy atom. The summed E-state index contributed by atoms with van der Waals surface area (Å²) in [6, 6.07) is 9.15. The van der Waals surface area contributed by atoms with Gasteiger partial charge in [-0.05, 0) is 55.1 Å². The Bertz CT molecular complexity index is 791. The van der Waals surface area contributed by atoms with Crippen LogP contribution < -0.4 is 0 Å². The molecular weight excluding hydrogens is 296 g/mol. The Morgan fingerprint density at radius 2 is 1.33 bits per heavy atom. The lowest BCUT2D eigenvalue weighted by atomic mass is 9.51. The second-order valence-electron chi connectivity index (χ2n) is 7.57. The first-order valence-electron chi connectivity index (χ1n) is 8.88. The van der Waals surface area contributed by atoms with Gasteiger partial charge in [-0.2, -0.15) is 0 Å². The van der Waals surface area contributed by atoms with Crippen LogP contribution in [0.25, 0.3) is 11.3 Å². The van der Waals surface area contributed by atoms with Crippen molar-refractivity contribution < 1.29 is 0 Å². The highest BCUT2D eigenvalue weighted by atomic mass is 14.9. The summed E-state index contributed by atoms with van der Waals surface area (Å²) < 4.78 is 0.